The fourth-order valence-corrected chi connectivity index (χ4v) is 2.05. The van der Waals surface area contributed by atoms with Crippen LogP contribution >= 0.6 is 0 Å². The summed E-state index contributed by atoms with van der Waals surface area (Å²) in [5, 5.41) is 3.36. The van der Waals surface area contributed by atoms with Crippen molar-refractivity contribution in [1.82, 2.24) is 0 Å². The summed E-state index contributed by atoms with van der Waals surface area (Å²) >= 11 is 0. The minimum Gasteiger partial charge on any atom is -0.484 e. The Labute approximate surface area is 124 Å². The van der Waals surface area contributed by atoms with E-state index in [2.05, 4.69) is 37.4 Å². The van der Waals surface area contributed by atoms with Gasteiger partial charge in [0.2, 0.25) is 0 Å². The van der Waals surface area contributed by atoms with Gasteiger partial charge in [-0.3, -0.25) is 4.79 Å². The predicted molar refractivity (Wildman–Crippen MR) is 84.4 cm³/mol. The molecule has 2 rings (SSSR count). The van der Waals surface area contributed by atoms with E-state index < -0.39 is 5.91 Å². The van der Waals surface area contributed by atoms with Crippen molar-refractivity contribution in [3.05, 3.63) is 59.2 Å². The molecule has 0 saturated heterocycles. The molecule has 0 unspecified atom stereocenters. The van der Waals surface area contributed by atoms with Crippen LogP contribution in [0.3, 0.4) is 0 Å². The van der Waals surface area contributed by atoms with Crippen molar-refractivity contribution in [1.29, 1.82) is 0 Å². The van der Waals surface area contributed by atoms with Crippen LogP contribution in [0.1, 0.15) is 16.7 Å². The van der Waals surface area contributed by atoms with Crippen molar-refractivity contribution < 1.29 is 9.53 Å². The van der Waals surface area contributed by atoms with Gasteiger partial charge in [0.15, 0.2) is 6.61 Å². The zero-order valence-electron chi connectivity index (χ0n) is 12.3. The summed E-state index contributed by atoms with van der Waals surface area (Å²) in [5.74, 6) is 0.142. The van der Waals surface area contributed by atoms with Crippen molar-refractivity contribution in [3.63, 3.8) is 0 Å². The van der Waals surface area contributed by atoms with E-state index in [1.165, 1.54) is 16.7 Å². The van der Waals surface area contributed by atoms with Crippen molar-refractivity contribution in [2.45, 2.75) is 20.4 Å². The van der Waals surface area contributed by atoms with Gasteiger partial charge < -0.3 is 15.8 Å². The van der Waals surface area contributed by atoms with E-state index in [1.807, 2.05) is 18.2 Å². The molecule has 110 valence electrons. The van der Waals surface area contributed by atoms with Crippen LogP contribution in [0.2, 0.25) is 0 Å². The third-order valence-corrected chi connectivity index (χ3v) is 3.41. The van der Waals surface area contributed by atoms with Crippen molar-refractivity contribution in [2.24, 2.45) is 5.73 Å². The first-order chi connectivity index (χ1) is 10.1. The molecule has 2 aromatic carbocycles. The molecule has 0 fully saturated rings. The molecule has 0 aliphatic rings. The van der Waals surface area contributed by atoms with Crippen molar-refractivity contribution in [2.75, 3.05) is 11.9 Å². The Kier molecular flexibility index (Phi) is 4.82. The number of primary amides is 1. The minimum absolute atomic E-state index is 0.111. The SMILES string of the molecule is Cc1cccc(CNc2cccc(OCC(N)=O)c2)c1C. The minimum atomic E-state index is -0.483. The molecule has 0 heterocycles. The average molecular weight is 284 g/mol. The quantitative estimate of drug-likeness (QED) is 0.857. The summed E-state index contributed by atoms with van der Waals surface area (Å²) in [5.41, 5.74) is 9.85. The fraction of sp³-hybridized carbons (Fsp3) is 0.235. The van der Waals surface area contributed by atoms with Gasteiger partial charge in [0.25, 0.3) is 5.91 Å². The maximum Gasteiger partial charge on any atom is 0.255 e. The van der Waals surface area contributed by atoms with E-state index in [0.29, 0.717) is 5.75 Å². The fourth-order valence-electron chi connectivity index (χ4n) is 2.05. The summed E-state index contributed by atoms with van der Waals surface area (Å²) in [6, 6.07) is 13.8. The van der Waals surface area contributed by atoms with E-state index in [-0.39, 0.29) is 6.61 Å². The van der Waals surface area contributed by atoms with Gasteiger partial charge in [0, 0.05) is 18.3 Å². The summed E-state index contributed by atoms with van der Waals surface area (Å²) < 4.78 is 5.29. The van der Waals surface area contributed by atoms with Gasteiger partial charge in [-0.1, -0.05) is 24.3 Å². The molecule has 2 aromatic rings. The standard InChI is InChI=1S/C17H20N2O2/c1-12-5-3-6-14(13(12)2)10-19-15-7-4-8-16(9-15)21-11-17(18)20/h3-9,19H,10-11H2,1-2H3,(H2,18,20). The maximum atomic E-state index is 10.7. The van der Waals surface area contributed by atoms with Gasteiger partial charge in [0.05, 0.1) is 0 Å². The largest absolute Gasteiger partial charge is 0.484 e. The molecule has 0 aromatic heterocycles. The van der Waals surface area contributed by atoms with E-state index in [1.54, 1.807) is 6.07 Å². The number of benzene rings is 2. The van der Waals surface area contributed by atoms with E-state index >= 15 is 0 Å². The van der Waals surface area contributed by atoms with Gasteiger partial charge in [-0.15, -0.1) is 0 Å². The van der Waals surface area contributed by atoms with E-state index in [0.717, 1.165) is 12.2 Å². The number of amides is 1. The average Bonchev–Trinajstić information content (AvgIpc) is 2.47. The first-order valence-corrected chi connectivity index (χ1v) is 6.86. The second kappa shape index (κ2) is 6.79. The monoisotopic (exact) mass is 284 g/mol. The number of aryl methyl sites for hydroxylation is 1. The molecule has 4 heteroatoms. The van der Waals surface area contributed by atoms with E-state index in [9.17, 15) is 4.79 Å². The highest BCUT2D eigenvalue weighted by atomic mass is 16.5. The van der Waals surface area contributed by atoms with Crippen LogP contribution in [0.5, 0.6) is 5.75 Å². The Morgan fingerprint density at radius 1 is 1.19 bits per heavy atom. The van der Waals surface area contributed by atoms with Gasteiger partial charge in [-0.25, -0.2) is 0 Å². The van der Waals surface area contributed by atoms with Crippen LogP contribution < -0.4 is 15.8 Å². The van der Waals surface area contributed by atoms with Gasteiger partial charge >= 0.3 is 0 Å². The van der Waals surface area contributed by atoms with Crippen LogP contribution in [0.25, 0.3) is 0 Å². The number of nitrogens with two attached hydrogens (primary N) is 1. The Morgan fingerprint density at radius 3 is 2.71 bits per heavy atom. The van der Waals surface area contributed by atoms with Gasteiger partial charge in [0.1, 0.15) is 5.75 Å². The van der Waals surface area contributed by atoms with Crippen LogP contribution in [0.4, 0.5) is 5.69 Å². The summed E-state index contributed by atoms with van der Waals surface area (Å²) in [7, 11) is 0. The van der Waals surface area contributed by atoms with Gasteiger partial charge in [-0.05, 0) is 42.7 Å². The van der Waals surface area contributed by atoms with Crippen molar-refractivity contribution in [3.8, 4) is 5.75 Å². The lowest BCUT2D eigenvalue weighted by atomic mass is 10.0. The Hall–Kier alpha value is -2.49. The van der Waals surface area contributed by atoms with Gasteiger partial charge in [-0.2, -0.15) is 0 Å². The third-order valence-electron chi connectivity index (χ3n) is 3.41. The molecule has 1 amide bonds. The number of anilines is 1. The number of hydrogen-bond donors (Lipinski definition) is 2. The first kappa shape index (κ1) is 14.9. The molecular formula is C17H20N2O2. The lowest BCUT2D eigenvalue weighted by Crippen LogP contribution is -2.20. The molecule has 3 N–H and O–H groups in total. The smallest absolute Gasteiger partial charge is 0.255 e. The normalized spacial score (nSPS) is 10.2. The molecular weight excluding hydrogens is 264 g/mol. The summed E-state index contributed by atoms with van der Waals surface area (Å²) in [4.78, 5) is 10.7. The van der Waals surface area contributed by atoms with Crippen LogP contribution in [-0.2, 0) is 11.3 Å². The molecule has 0 spiro atoms. The maximum absolute atomic E-state index is 10.7. The summed E-state index contributed by atoms with van der Waals surface area (Å²) in [6.07, 6.45) is 0. The second-order valence-electron chi connectivity index (χ2n) is 5.00. The van der Waals surface area contributed by atoms with Crippen LogP contribution in [0.15, 0.2) is 42.5 Å². The third kappa shape index (κ3) is 4.24. The number of nitrogens with one attached hydrogen (secondary N) is 1. The highest BCUT2D eigenvalue weighted by Gasteiger charge is 2.02. The molecule has 0 saturated carbocycles. The number of hydrogen-bond acceptors (Lipinski definition) is 3. The van der Waals surface area contributed by atoms with Crippen molar-refractivity contribution >= 4 is 11.6 Å². The zero-order chi connectivity index (χ0) is 15.2. The molecule has 21 heavy (non-hydrogen) atoms. The Bertz CT molecular complexity index is 638. The number of rotatable bonds is 6. The highest BCUT2D eigenvalue weighted by molar-refractivity contribution is 5.75. The summed E-state index contributed by atoms with van der Waals surface area (Å²) in [6.45, 7) is 4.86. The number of carbonyl (C=O) groups excluding carboxylic acids is 1. The topological polar surface area (TPSA) is 64.3 Å². The number of carbonyl (C=O) groups is 1. The first-order valence-electron chi connectivity index (χ1n) is 6.86. The lowest BCUT2D eigenvalue weighted by molar-refractivity contribution is -0.119. The lowest BCUT2D eigenvalue weighted by Gasteiger charge is -2.12. The Morgan fingerprint density at radius 2 is 1.95 bits per heavy atom. The Balaban J connectivity index is 2.01. The highest BCUT2D eigenvalue weighted by Crippen LogP contribution is 2.19. The molecule has 4 nitrogen and oxygen atoms in total. The number of ether oxygens (including phenoxy) is 1. The molecule has 0 aliphatic carbocycles. The second-order valence-corrected chi connectivity index (χ2v) is 5.00. The zero-order valence-corrected chi connectivity index (χ0v) is 12.3. The molecule has 0 aliphatic heterocycles. The van der Waals surface area contributed by atoms with Crippen LogP contribution in [-0.4, -0.2) is 12.5 Å². The predicted octanol–water partition coefficient (Wildman–Crippen LogP) is 2.78. The van der Waals surface area contributed by atoms with E-state index in [4.69, 9.17) is 10.5 Å². The van der Waals surface area contributed by atoms with Crippen LogP contribution in [0, 0.1) is 13.8 Å². The molecule has 0 bridgehead atoms. The molecule has 0 atom stereocenters. The molecule has 0 radical (unpaired) electrons.